The molecule has 4 aromatic rings. The number of hydrogen-bond acceptors (Lipinski definition) is 7. The highest BCUT2D eigenvalue weighted by Gasteiger charge is 2.27. The Bertz CT molecular complexity index is 1500. The largest absolute Gasteiger partial charge is 0.378 e. The summed E-state index contributed by atoms with van der Waals surface area (Å²) in [6.07, 6.45) is 1.92. The van der Waals surface area contributed by atoms with Gasteiger partial charge < -0.3 is 9.64 Å². The zero-order chi connectivity index (χ0) is 26.5. The van der Waals surface area contributed by atoms with Gasteiger partial charge in [0.25, 0.3) is 16.0 Å². The lowest BCUT2D eigenvalue weighted by atomic mass is 9.97. The molecule has 0 saturated carbocycles. The van der Waals surface area contributed by atoms with E-state index in [4.69, 9.17) is 9.73 Å². The van der Waals surface area contributed by atoms with Crippen molar-refractivity contribution >= 4 is 32.9 Å². The number of benzene rings is 3. The minimum atomic E-state index is -4.01. The summed E-state index contributed by atoms with van der Waals surface area (Å²) in [5.41, 5.74) is 3.22. The Morgan fingerprint density at radius 2 is 1.53 bits per heavy atom. The van der Waals surface area contributed by atoms with Crippen LogP contribution in [0.2, 0.25) is 0 Å². The van der Waals surface area contributed by atoms with Crippen molar-refractivity contribution in [2.45, 2.75) is 17.7 Å². The summed E-state index contributed by atoms with van der Waals surface area (Å²) >= 11 is 1.44. The van der Waals surface area contributed by atoms with Crippen molar-refractivity contribution in [2.75, 3.05) is 32.6 Å². The molecule has 1 fully saturated rings. The van der Waals surface area contributed by atoms with Crippen LogP contribution in [0.1, 0.15) is 24.2 Å². The van der Waals surface area contributed by atoms with E-state index in [0.29, 0.717) is 37.3 Å². The predicted octanol–water partition coefficient (Wildman–Crippen LogP) is 5.02. The first kappa shape index (κ1) is 26.1. The van der Waals surface area contributed by atoms with Gasteiger partial charge in [0.1, 0.15) is 0 Å². The van der Waals surface area contributed by atoms with Crippen molar-refractivity contribution < 1.29 is 13.2 Å². The fourth-order valence-electron chi connectivity index (χ4n) is 4.24. The number of aromatic nitrogens is 3. The summed E-state index contributed by atoms with van der Waals surface area (Å²) in [6, 6.07) is 26.6. The Kier molecular flexibility index (Phi) is 7.92. The fraction of sp³-hybridized carbons (Fsp3) is 0.250. The van der Waals surface area contributed by atoms with E-state index in [0.717, 1.165) is 20.8 Å². The van der Waals surface area contributed by atoms with E-state index in [2.05, 4.69) is 39.2 Å². The van der Waals surface area contributed by atoms with Gasteiger partial charge in [0.05, 0.1) is 18.1 Å². The molecule has 1 aliphatic heterocycles. The maximum absolute atomic E-state index is 13.6. The van der Waals surface area contributed by atoms with Crippen LogP contribution in [0.25, 0.3) is 11.1 Å². The Labute approximate surface area is 227 Å². The lowest BCUT2D eigenvalue weighted by Gasteiger charge is -2.28. The van der Waals surface area contributed by atoms with E-state index in [1.165, 1.54) is 11.8 Å². The third-order valence-electron chi connectivity index (χ3n) is 6.41. The van der Waals surface area contributed by atoms with Crippen LogP contribution in [0.3, 0.4) is 0 Å². The van der Waals surface area contributed by atoms with Crippen LogP contribution in [0.4, 0.5) is 5.95 Å². The first-order valence-electron chi connectivity index (χ1n) is 12.4. The van der Waals surface area contributed by atoms with Gasteiger partial charge in [-0.05, 0) is 35.1 Å². The topological polar surface area (TPSA) is 89.7 Å². The van der Waals surface area contributed by atoms with Gasteiger partial charge in [0.2, 0.25) is 0 Å². The number of morpholine rings is 1. The molecule has 0 spiro atoms. The van der Waals surface area contributed by atoms with E-state index >= 15 is 0 Å². The molecule has 1 aliphatic rings. The summed E-state index contributed by atoms with van der Waals surface area (Å²) in [7, 11) is -4.01. The number of nitrogens with zero attached hydrogens (tertiary/aromatic N) is 5. The molecule has 2 heterocycles. The highest BCUT2D eigenvalue weighted by atomic mass is 32.2. The highest BCUT2D eigenvalue weighted by Crippen LogP contribution is 2.29. The monoisotopic (exact) mass is 547 g/mol. The number of amidine groups is 1. The molecule has 38 heavy (non-hydrogen) atoms. The zero-order valence-electron chi connectivity index (χ0n) is 21.3. The molecule has 0 N–H and O–H groups in total. The standard InChI is InChI=1S/C28H29N5O3S2/c1-21(22-13-15-24(16-14-22)23-9-5-3-6-10-23)26-29-27(30-28(37-2)32-17-19-36-20-18-32)33(31-26)38(34,35)25-11-7-4-8-12-25/h3-16,21H,17-20H2,1-2H3/b30-28-. The second-order valence-corrected chi connectivity index (χ2v) is 11.4. The zero-order valence-corrected chi connectivity index (χ0v) is 22.9. The van der Waals surface area contributed by atoms with Crippen LogP contribution in [0, 0.1) is 0 Å². The minimum Gasteiger partial charge on any atom is -0.378 e. The maximum Gasteiger partial charge on any atom is 0.286 e. The van der Waals surface area contributed by atoms with Crippen molar-refractivity contribution in [3.8, 4) is 11.1 Å². The SMILES string of the molecule is CS/C(=N\c1nc(C(C)c2ccc(-c3ccccc3)cc2)nn1S(=O)(=O)c1ccccc1)N1CCOCC1. The maximum atomic E-state index is 13.6. The Morgan fingerprint density at radius 1 is 0.921 bits per heavy atom. The van der Waals surface area contributed by atoms with Gasteiger partial charge in [-0.15, -0.1) is 9.19 Å². The number of ether oxygens (including phenoxy) is 1. The van der Waals surface area contributed by atoms with Gasteiger partial charge in [0.15, 0.2) is 11.0 Å². The van der Waals surface area contributed by atoms with E-state index in [1.807, 2.05) is 43.5 Å². The normalized spacial score (nSPS) is 15.4. The van der Waals surface area contributed by atoms with Gasteiger partial charge in [-0.3, -0.25) is 0 Å². The van der Waals surface area contributed by atoms with Gasteiger partial charge >= 0.3 is 0 Å². The molecule has 1 unspecified atom stereocenters. The van der Waals surface area contributed by atoms with Crippen LogP contribution >= 0.6 is 11.8 Å². The van der Waals surface area contributed by atoms with E-state index in [9.17, 15) is 8.42 Å². The number of hydrogen-bond donors (Lipinski definition) is 0. The van der Waals surface area contributed by atoms with Crippen LogP contribution in [0.5, 0.6) is 0 Å². The molecule has 1 atom stereocenters. The molecular formula is C28H29N5O3S2. The average molecular weight is 548 g/mol. The first-order chi connectivity index (χ1) is 18.5. The second kappa shape index (κ2) is 11.5. The molecule has 0 amide bonds. The fourth-order valence-corrected chi connectivity index (χ4v) is 6.04. The molecule has 0 radical (unpaired) electrons. The Balaban J connectivity index is 1.54. The van der Waals surface area contributed by atoms with Crippen molar-refractivity contribution in [2.24, 2.45) is 4.99 Å². The van der Waals surface area contributed by atoms with Crippen molar-refractivity contribution in [3.05, 3.63) is 96.3 Å². The lowest BCUT2D eigenvalue weighted by molar-refractivity contribution is 0.0693. The summed E-state index contributed by atoms with van der Waals surface area (Å²) in [5.74, 6) is 0.174. The van der Waals surface area contributed by atoms with Crippen molar-refractivity contribution in [1.29, 1.82) is 0 Å². The quantitative estimate of drug-likeness (QED) is 0.247. The van der Waals surface area contributed by atoms with E-state index < -0.39 is 10.0 Å². The van der Waals surface area contributed by atoms with Crippen molar-refractivity contribution in [3.63, 3.8) is 0 Å². The van der Waals surface area contributed by atoms with Crippen LogP contribution in [-0.2, 0) is 14.8 Å². The van der Waals surface area contributed by atoms with E-state index in [1.54, 1.807) is 30.3 Å². The molecule has 8 nitrogen and oxygen atoms in total. The summed E-state index contributed by atoms with van der Waals surface area (Å²) in [6.45, 7) is 4.51. The average Bonchev–Trinajstić information content (AvgIpc) is 3.42. The molecule has 5 rings (SSSR count). The van der Waals surface area contributed by atoms with Gasteiger partial charge in [-0.2, -0.15) is 18.4 Å². The van der Waals surface area contributed by atoms with Crippen LogP contribution in [-0.4, -0.2) is 65.2 Å². The smallest absolute Gasteiger partial charge is 0.286 e. The molecular weight excluding hydrogens is 518 g/mol. The number of aliphatic imine (C=N–C) groups is 1. The lowest BCUT2D eigenvalue weighted by Crippen LogP contribution is -2.39. The summed E-state index contributed by atoms with van der Waals surface area (Å²) in [5, 5.41) is 5.18. The van der Waals surface area contributed by atoms with Gasteiger partial charge in [-0.25, -0.2) is 0 Å². The molecule has 3 aromatic carbocycles. The minimum absolute atomic E-state index is 0.0347. The molecule has 0 bridgehead atoms. The molecule has 1 saturated heterocycles. The van der Waals surface area contributed by atoms with Crippen LogP contribution < -0.4 is 0 Å². The highest BCUT2D eigenvalue weighted by molar-refractivity contribution is 8.13. The molecule has 10 heteroatoms. The third-order valence-corrected chi connectivity index (χ3v) is 8.70. The van der Waals surface area contributed by atoms with E-state index in [-0.39, 0.29) is 16.8 Å². The number of rotatable bonds is 6. The summed E-state index contributed by atoms with van der Waals surface area (Å²) in [4.78, 5) is 11.6. The van der Waals surface area contributed by atoms with Gasteiger partial charge in [-0.1, -0.05) is 91.5 Å². The predicted molar refractivity (Wildman–Crippen MR) is 151 cm³/mol. The molecule has 196 valence electrons. The third kappa shape index (κ3) is 5.52. The van der Waals surface area contributed by atoms with Crippen molar-refractivity contribution in [1.82, 2.24) is 19.1 Å². The Morgan fingerprint density at radius 3 is 2.16 bits per heavy atom. The Hall–Kier alpha value is -3.47. The van der Waals surface area contributed by atoms with Crippen LogP contribution in [0.15, 0.2) is 94.8 Å². The molecule has 1 aromatic heterocycles. The van der Waals surface area contributed by atoms with Gasteiger partial charge in [0, 0.05) is 19.0 Å². The first-order valence-corrected chi connectivity index (χ1v) is 15.0. The second-order valence-electron chi connectivity index (χ2n) is 8.84. The molecule has 0 aliphatic carbocycles. The summed E-state index contributed by atoms with van der Waals surface area (Å²) < 4.78 is 33.7. The number of thioether (sulfide) groups is 1.